The number of hydrogen-bond donors (Lipinski definition) is 0. The minimum Gasteiger partial charge on any atom is -0.334 e. The van der Waals surface area contributed by atoms with Crippen LogP contribution in [-0.2, 0) is 32.5 Å². The summed E-state index contributed by atoms with van der Waals surface area (Å²) in [6.45, 7) is 40.4. The summed E-state index contributed by atoms with van der Waals surface area (Å²) in [5, 5.41) is 0. The summed E-state index contributed by atoms with van der Waals surface area (Å²) in [6.07, 6.45) is 2.27. The van der Waals surface area contributed by atoms with E-state index in [1.54, 1.807) is 0 Å². The molecule has 12 rings (SSSR count). The van der Waals surface area contributed by atoms with Gasteiger partial charge in [0.15, 0.2) is 0 Å². The van der Waals surface area contributed by atoms with Crippen LogP contribution in [0.3, 0.4) is 0 Å². The molecule has 4 aliphatic rings. The van der Waals surface area contributed by atoms with Gasteiger partial charge in [-0.05, 0) is 162 Å². The third kappa shape index (κ3) is 8.04. The molecule has 0 N–H and O–H groups in total. The average molecular weight is 1020 g/mol. The first-order valence-corrected chi connectivity index (χ1v) is 29.0. The first-order chi connectivity index (χ1) is 36.6. The molecule has 4 heteroatoms. The standard InChI is InChI=1S/C74H82BN3/c1-68(2,3)49-30-35-60(55(40-49)47-24-20-18-21-25-47)76-63-43-52(71(10,11)12)28-33-58(63)75-59-34-29-53(72(13,14)15)44-64(59)77(61-36-31-50(69(4,5)6)41-56(61)48-26-22-19-23-27-48)66-46-54(45-65(76)67(66)75)78-62-37-32-51(70(7,8)9)42-57(62)73(16)38-39-74(73,78)17/h18-37,40-46H,38-39H2,1-17H3. The first kappa shape index (κ1) is 52.0. The van der Waals surface area contributed by atoms with Gasteiger partial charge < -0.3 is 14.7 Å². The minimum absolute atomic E-state index is 0.0202. The summed E-state index contributed by atoms with van der Waals surface area (Å²) < 4.78 is 0. The summed E-state index contributed by atoms with van der Waals surface area (Å²) in [6, 6.07) is 64.6. The van der Waals surface area contributed by atoms with E-state index in [-0.39, 0.29) is 44.7 Å². The molecule has 0 radical (unpaired) electrons. The molecule has 1 fully saturated rings. The van der Waals surface area contributed by atoms with Crippen LogP contribution in [-0.4, -0.2) is 12.3 Å². The van der Waals surface area contributed by atoms with Crippen LogP contribution in [0.4, 0.5) is 45.5 Å². The molecule has 1 aliphatic carbocycles. The second-order valence-electron chi connectivity index (χ2n) is 29.2. The van der Waals surface area contributed by atoms with Crippen LogP contribution in [0.15, 0.2) is 164 Å². The van der Waals surface area contributed by atoms with Crippen molar-refractivity contribution in [3.8, 4) is 22.3 Å². The van der Waals surface area contributed by atoms with Crippen molar-refractivity contribution in [1.82, 2.24) is 0 Å². The third-order valence-electron chi connectivity index (χ3n) is 18.9. The molecule has 3 aliphatic heterocycles. The normalized spacial score (nSPS) is 18.7. The van der Waals surface area contributed by atoms with Gasteiger partial charge in [0.1, 0.15) is 0 Å². The van der Waals surface area contributed by atoms with Crippen LogP contribution in [0.5, 0.6) is 0 Å². The Morgan fingerprint density at radius 2 is 0.731 bits per heavy atom. The van der Waals surface area contributed by atoms with Crippen LogP contribution >= 0.6 is 0 Å². The molecule has 0 amide bonds. The smallest absolute Gasteiger partial charge is 0.252 e. The SMILES string of the molecule is CC(C)(C)c1ccc(N2c3cc(C(C)(C)C)ccc3B3c4ccc(C(C)(C)C)cc4N(c4ccc(C(C)(C)C)cc4-c4ccccc4)c4cc(N5c6ccc(C(C)(C)C)cc6C6(C)CCC56C)cc2c43)c(-c2ccccc2)c1. The van der Waals surface area contributed by atoms with Gasteiger partial charge in [-0.2, -0.15) is 0 Å². The van der Waals surface area contributed by atoms with Gasteiger partial charge in [-0.25, -0.2) is 0 Å². The molecule has 0 saturated heterocycles. The maximum Gasteiger partial charge on any atom is 0.252 e. The first-order valence-electron chi connectivity index (χ1n) is 29.0. The van der Waals surface area contributed by atoms with E-state index in [2.05, 4.69) is 296 Å². The predicted octanol–water partition coefficient (Wildman–Crippen LogP) is 18.6. The maximum absolute atomic E-state index is 2.80. The van der Waals surface area contributed by atoms with Crippen molar-refractivity contribution in [2.24, 2.45) is 0 Å². The molecule has 3 heterocycles. The summed E-state index contributed by atoms with van der Waals surface area (Å²) in [5.41, 5.74) is 26.6. The van der Waals surface area contributed by atoms with E-state index in [4.69, 9.17) is 0 Å². The average Bonchev–Trinajstić information content (AvgIpc) is 2.67. The van der Waals surface area contributed by atoms with Crippen LogP contribution < -0.4 is 31.1 Å². The number of fused-ring (bicyclic) bond motifs is 7. The van der Waals surface area contributed by atoms with Gasteiger partial charge in [0.2, 0.25) is 0 Å². The fourth-order valence-electron chi connectivity index (χ4n) is 13.6. The molecule has 0 aromatic heterocycles. The molecule has 2 unspecified atom stereocenters. The van der Waals surface area contributed by atoms with E-state index in [0.29, 0.717) is 0 Å². The Bertz CT molecular complexity index is 3510. The van der Waals surface area contributed by atoms with E-state index < -0.39 is 0 Å². The molecular formula is C74H82BN3. The van der Waals surface area contributed by atoms with E-state index in [9.17, 15) is 0 Å². The predicted molar refractivity (Wildman–Crippen MR) is 338 cm³/mol. The Kier molecular flexibility index (Phi) is 11.6. The molecule has 3 nitrogen and oxygen atoms in total. The fourth-order valence-corrected chi connectivity index (χ4v) is 13.6. The Morgan fingerprint density at radius 1 is 0.359 bits per heavy atom. The topological polar surface area (TPSA) is 9.72 Å². The van der Waals surface area contributed by atoms with E-state index in [1.165, 1.54) is 118 Å². The van der Waals surface area contributed by atoms with Crippen molar-refractivity contribution in [2.75, 3.05) is 14.7 Å². The van der Waals surface area contributed by atoms with Crippen molar-refractivity contribution >= 4 is 68.6 Å². The van der Waals surface area contributed by atoms with Gasteiger partial charge in [0.05, 0.1) is 16.9 Å². The lowest BCUT2D eigenvalue weighted by atomic mass is 9.33. The zero-order valence-electron chi connectivity index (χ0n) is 49.9. The largest absolute Gasteiger partial charge is 0.334 e. The highest BCUT2D eigenvalue weighted by molar-refractivity contribution is 7.00. The van der Waals surface area contributed by atoms with E-state index >= 15 is 0 Å². The molecule has 396 valence electrons. The quantitative estimate of drug-likeness (QED) is 0.159. The third-order valence-corrected chi connectivity index (χ3v) is 18.9. The highest BCUT2D eigenvalue weighted by Gasteiger charge is 2.63. The number of hydrogen-bond acceptors (Lipinski definition) is 3. The Balaban J connectivity index is 1.26. The zero-order chi connectivity index (χ0) is 55.4. The van der Waals surface area contributed by atoms with Crippen molar-refractivity contribution in [3.05, 3.63) is 197 Å². The lowest BCUT2D eigenvalue weighted by Crippen LogP contribution is -2.62. The molecular weight excluding hydrogens is 942 g/mol. The van der Waals surface area contributed by atoms with E-state index in [1.807, 2.05) is 0 Å². The highest BCUT2D eigenvalue weighted by atomic mass is 15.3. The zero-order valence-corrected chi connectivity index (χ0v) is 49.9. The maximum atomic E-state index is 2.80. The Hall–Kier alpha value is -6.78. The number of rotatable bonds is 5. The molecule has 8 aromatic carbocycles. The molecule has 1 saturated carbocycles. The van der Waals surface area contributed by atoms with Crippen LogP contribution in [0.25, 0.3) is 22.3 Å². The number of nitrogens with zero attached hydrogens (tertiary/aromatic N) is 3. The summed E-state index contributed by atoms with van der Waals surface area (Å²) in [4.78, 5) is 8.20. The molecule has 78 heavy (non-hydrogen) atoms. The summed E-state index contributed by atoms with van der Waals surface area (Å²) in [7, 11) is 0. The fraction of sp³-hybridized carbons (Fsp3) is 0.351. The monoisotopic (exact) mass is 1020 g/mol. The number of benzene rings is 8. The summed E-state index contributed by atoms with van der Waals surface area (Å²) in [5.74, 6) is 0. The minimum atomic E-state index is -0.146. The molecule has 0 spiro atoms. The van der Waals surface area contributed by atoms with Gasteiger partial charge in [0, 0.05) is 50.7 Å². The highest BCUT2D eigenvalue weighted by Crippen LogP contribution is 2.66. The number of anilines is 8. The van der Waals surface area contributed by atoms with Crippen LogP contribution in [0.1, 0.15) is 164 Å². The second-order valence-corrected chi connectivity index (χ2v) is 29.2. The van der Waals surface area contributed by atoms with Gasteiger partial charge in [-0.15, -0.1) is 0 Å². The molecule has 2 atom stereocenters. The Labute approximate surface area is 468 Å². The van der Waals surface area contributed by atoms with Crippen molar-refractivity contribution < 1.29 is 0 Å². The van der Waals surface area contributed by atoms with Gasteiger partial charge in [-0.3, -0.25) is 0 Å². The van der Waals surface area contributed by atoms with Crippen LogP contribution in [0.2, 0.25) is 0 Å². The van der Waals surface area contributed by atoms with Gasteiger partial charge in [-0.1, -0.05) is 220 Å². The lowest BCUT2D eigenvalue weighted by molar-refractivity contribution is 0.133. The van der Waals surface area contributed by atoms with Crippen molar-refractivity contribution in [1.29, 1.82) is 0 Å². The Morgan fingerprint density at radius 3 is 1.12 bits per heavy atom. The van der Waals surface area contributed by atoms with Gasteiger partial charge >= 0.3 is 0 Å². The van der Waals surface area contributed by atoms with Crippen molar-refractivity contribution in [2.45, 2.75) is 169 Å². The van der Waals surface area contributed by atoms with Gasteiger partial charge in [0.25, 0.3) is 6.71 Å². The van der Waals surface area contributed by atoms with E-state index in [0.717, 1.165) is 12.8 Å². The second kappa shape index (κ2) is 17.4. The molecule has 8 aromatic rings. The van der Waals surface area contributed by atoms with Crippen molar-refractivity contribution in [3.63, 3.8) is 0 Å². The summed E-state index contributed by atoms with van der Waals surface area (Å²) >= 11 is 0. The van der Waals surface area contributed by atoms with Crippen LogP contribution in [0, 0.1) is 0 Å². The molecule has 0 bridgehead atoms. The lowest BCUT2D eigenvalue weighted by Gasteiger charge is -2.56.